The molecule has 0 aromatic carbocycles. The third-order valence-corrected chi connectivity index (χ3v) is 6.66. The van der Waals surface area contributed by atoms with Crippen LogP contribution in [0.4, 0.5) is 0 Å². The maximum atomic E-state index is 11.1. The molecule has 16 heteroatoms. The molecular weight excluding hydrogens is 761 g/mol. The van der Waals surface area contributed by atoms with Gasteiger partial charge in [0.2, 0.25) is 0 Å². The van der Waals surface area contributed by atoms with Gasteiger partial charge in [-0.2, -0.15) is 0 Å². The number of carbonyl (C=O) groups excluding carboxylic acids is 6. The van der Waals surface area contributed by atoms with E-state index in [2.05, 4.69) is 0 Å². The van der Waals surface area contributed by atoms with E-state index in [9.17, 15) is 44.1 Å². The summed E-state index contributed by atoms with van der Waals surface area (Å²) >= 11 is 0. The fourth-order valence-corrected chi connectivity index (χ4v) is 3.91. The van der Waals surface area contributed by atoms with Crippen molar-refractivity contribution in [1.82, 2.24) is 0 Å². The topological polar surface area (TPSA) is 227 Å². The van der Waals surface area contributed by atoms with Crippen LogP contribution >= 0.6 is 0 Å². The van der Waals surface area contributed by atoms with Crippen LogP contribution in [-0.4, -0.2) is 93.8 Å². The molecule has 15 nitrogen and oxygen atoms in total. The van der Waals surface area contributed by atoms with Crippen LogP contribution in [0.25, 0.3) is 0 Å². The normalized spacial score (nSPS) is 12.5. The fraction of sp³-hybridized carbons (Fsp3) is 0.833. The zero-order chi connectivity index (χ0) is 39.8. The van der Waals surface area contributed by atoms with Crippen LogP contribution in [0.3, 0.4) is 0 Å². The van der Waals surface area contributed by atoms with E-state index < -0.39 is 71.9 Å². The zero-order valence-electron chi connectivity index (χ0n) is 32.8. The number of carboxylic acids is 3. The van der Waals surface area contributed by atoms with Crippen molar-refractivity contribution >= 4 is 35.3 Å². The van der Waals surface area contributed by atoms with E-state index in [-0.39, 0.29) is 52.0 Å². The summed E-state index contributed by atoms with van der Waals surface area (Å²) in [6.45, 7) is 18.2. The number of hydrogen-bond acceptors (Lipinski definition) is 15. The van der Waals surface area contributed by atoms with Gasteiger partial charge in [-0.3, -0.25) is 14.4 Å². The van der Waals surface area contributed by atoms with Crippen LogP contribution < -0.4 is 15.3 Å². The Bertz CT molecular complexity index is 777. The minimum Gasteiger partial charge on any atom is -0.549 e. The second-order valence-electron chi connectivity index (χ2n) is 11.7. The fourth-order valence-electron chi connectivity index (χ4n) is 3.91. The summed E-state index contributed by atoms with van der Waals surface area (Å²) in [5.74, 6) is -8.90. The average Bonchev–Trinajstić information content (AvgIpc) is 3.06. The molecule has 0 saturated heterocycles. The van der Waals surface area contributed by atoms with Crippen LogP contribution in [0.2, 0.25) is 0 Å². The molecule has 0 saturated carbocycles. The molecule has 0 aliphatic rings. The molecule has 0 bridgehead atoms. The van der Waals surface area contributed by atoms with E-state index in [4.69, 9.17) is 28.4 Å². The van der Waals surface area contributed by atoms with E-state index >= 15 is 0 Å². The Morgan fingerprint density at radius 1 is 0.385 bits per heavy atom. The van der Waals surface area contributed by atoms with Crippen LogP contribution in [0, 0.1) is 17.8 Å². The van der Waals surface area contributed by atoms with Crippen molar-refractivity contribution < 1.29 is 105 Å². The third-order valence-electron chi connectivity index (χ3n) is 6.66. The first-order chi connectivity index (χ1) is 24.1. The van der Waals surface area contributed by atoms with Gasteiger partial charge < -0.3 is 58.1 Å². The predicted molar refractivity (Wildman–Crippen MR) is 180 cm³/mol. The Morgan fingerprint density at radius 3 is 0.635 bits per heavy atom. The van der Waals surface area contributed by atoms with Crippen LogP contribution in [0.15, 0.2) is 0 Å². The first-order valence-electron chi connectivity index (χ1n) is 17.9. The number of aliphatic carboxylic acids is 3. The van der Waals surface area contributed by atoms with Crippen molar-refractivity contribution in [2.75, 3.05) is 39.6 Å². The van der Waals surface area contributed by atoms with Gasteiger partial charge in [-0.15, -0.1) is 0 Å². The second kappa shape index (κ2) is 37.6. The molecular formula is C36H63O15Y. The summed E-state index contributed by atoms with van der Waals surface area (Å²) in [6, 6.07) is 0. The molecule has 3 unspecified atom stereocenters. The van der Waals surface area contributed by atoms with Gasteiger partial charge in [0.15, 0.2) is 18.9 Å². The largest absolute Gasteiger partial charge is 3.00 e. The van der Waals surface area contributed by atoms with Gasteiger partial charge >= 0.3 is 32.7 Å². The Morgan fingerprint density at radius 2 is 0.538 bits per heavy atom. The summed E-state index contributed by atoms with van der Waals surface area (Å²) in [5, 5.41) is 32.3. The van der Waals surface area contributed by atoms with Gasteiger partial charge in [0.05, 0.1) is 35.7 Å². The number of Topliss-reactive ketones (excluding diaryl/α,β-unsaturated/α-hetero) is 3. The SMILES string of the molecule is CCCOC(CC(C(C)=O)C(=O)[O-])OCCC.CCCOC(CC(C(C)=O)C(=O)[O-])OCCC.CCCOC(CC(C(C)=O)C(=O)[O-])OCCC.[Y+3]. The molecule has 300 valence electrons. The van der Waals surface area contributed by atoms with Crippen LogP contribution in [0.5, 0.6) is 0 Å². The molecule has 0 radical (unpaired) electrons. The van der Waals surface area contributed by atoms with Crippen molar-refractivity contribution in [2.24, 2.45) is 17.8 Å². The Balaban J connectivity index is -0.000000329. The van der Waals surface area contributed by atoms with Gasteiger partial charge in [-0.1, -0.05) is 41.5 Å². The van der Waals surface area contributed by atoms with Crippen molar-refractivity contribution in [3.63, 3.8) is 0 Å². The first-order valence-corrected chi connectivity index (χ1v) is 17.9. The van der Waals surface area contributed by atoms with Crippen molar-refractivity contribution in [2.45, 2.75) is 139 Å². The number of carbonyl (C=O) groups is 6. The molecule has 0 aromatic heterocycles. The van der Waals surface area contributed by atoms with Crippen molar-refractivity contribution in [1.29, 1.82) is 0 Å². The average molecular weight is 825 g/mol. The van der Waals surface area contributed by atoms with Crippen LogP contribution in [0.1, 0.15) is 120 Å². The maximum absolute atomic E-state index is 11.1. The number of rotatable bonds is 30. The van der Waals surface area contributed by atoms with Gasteiger partial charge in [0, 0.05) is 58.9 Å². The van der Waals surface area contributed by atoms with E-state index in [1.165, 1.54) is 20.8 Å². The molecule has 0 aliphatic heterocycles. The Hall–Kier alpha value is -1.72. The molecule has 0 aliphatic carbocycles. The van der Waals surface area contributed by atoms with Crippen molar-refractivity contribution in [3.05, 3.63) is 0 Å². The number of ether oxygens (including phenoxy) is 6. The molecule has 0 aromatic rings. The summed E-state index contributed by atoms with van der Waals surface area (Å²) in [4.78, 5) is 65.8. The molecule has 3 atom stereocenters. The molecule has 0 amide bonds. The minimum absolute atomic E-state index is 0. The number of carboxylic acid groups (broad SMARTS) is 3. The van der Waals surface area contributed by atoms with Gasteiger partial charge in [0.25, 0.3) is 0 Å². The molecule has 0 rings (SSSR count). The third kappa shape index (κ3) is 31.8. The zero-order valence-corrected chi connectivity index (χ0v) is 35.6. The standard InChI is InChI=1S/3C12H22O5.Y/c3*1-4-6-16-11(17-7-5-2)8-10(9(3)13)12(14)15;/h3*10-11H,4-8H2,1-3H3,(H,14,15);/q;;;+3/p-3. The van der Waals surface area contributed by atoms with Crippen molar-refractivity contribution in [3.8, 4) is 0 Å². The Kier molecular flexibility index (Phi) is 41.2. The predicted octanol–water partition coefficient (Wildman–Crippen LogP) is 1.53. The molecule has 0 spiro atoms. The van der Waals surface area contributed by atoms with Gasteiger partial charge in [-0.05, 0) is 59.3 Å². The summed E-state index contributed by atoms with van der Waals surface area (Å²) in [5.41, 5.74) is 0. The summed E-state index contributed by atoms with van der Waals surface area (Å²) in [7, 11) is 0. The molecule has 0 heterocycles. The van der Waals surface area contributed by atoms with Crippen LogP contribution in [-0.2, 0) is 89.9 Å². The van der Waals surface area contributed by atoms with E-state index in [0.717, 1.165) is 38.5 Å². The van der Waals surface area contributed by atoms with E-state index in [1.807, 2.05) is 41.5 Å². The Labute approximate surface area is 335 Å². The van der Waals surface area contributed by atoms with Gasteiger partial charge in [-0.25, -0.2) is 0 Å². The molecule has 52 heavy (non-hydrogen) atoms. The number of ketones is 3. The monoisotopic (exact) mass is 824 g/mol. The summed E-state index contributed by atoms with van der Waals surface area (Å²) < 4.78 is 32.2. The maximum Gasteiger partial charge on any atom is 3.00 e. The quantitative estimate of drug-likeness (QED) is 0.0739. The van der Waals surface area contributed by atoms with Gasteiger partial charge in [0.1, 0.15) is 17.3 Å². The van der Waals surface area contributed by atoms with E-state index in [0.29, 0.717) is 39.6 Å². The second-order valence-corrected chi connectivity index (χ2v) is 11.7. The first kappa shape index (κ1) is 57.0. The molecule has 0 N–H and O–H groups in total. The van der Waals surface area contributed by atoms with E-state index in [1.54, 1.807) is 0 Å². The summed E-state index contributed by atoms with van der Waals surface area (Å²) in [6.07, 6.45) is 2.93. The molecule has 0 fully saturated rings. The minimum atomic E-state index is -1.37. The number of hydrogen-bond donors (Lipinski definition) is 0. The smallest absolute Gasteiger partial charge is 0.549 e.